The van der Waals surface area contributed by atoms with Crippen molar-refractivity contribution in [3.05, 3.63) is 121 Å². The number of hydrogen-bond donors (Lipinski definition) is 0. The maximum absolute atomic E-state index is 6.71. The Morgan fingerprint density at radius 2 is 1.19 bits per heavy atom. The Kier molecular flexibility index (Phi) is 4.97. The van der Waals surface area contributed by atoms with E-state index in [4.69, 9.17) is 13.9 Å². The van der Waals surface area contributed by atoms with E-state index in [2.05, 4.69) is 82.3 Å². The number of furan rings is 1. The molecule has 0 saturated carbocycles. The van der Waals surface area contributed by atoms with Crippen LogP contribution in [0, 0.1) is 0 Å². The van der Waals surface area contributed by atoms with E-state index in [1.54, 1.807) is 0 Å². The molecule has 0 aliphatic carbocycles. The summed E-state index contributed by atoms with van der Waals surface area (Å²) < 4.78 is 22.1. The van der Waals surface area contributed by atoms with Crippen LogP contribution >= 0.6 is 0 Å². The normalized spacial score (nSPS) is 12.7. The minimum Gasteiger partial charge on any atom is -0.456 e. The van der Waals surface area contributed by atoms with Crippen molar-refractivity contribution in [3.63, 3.8) is 0 Å². The highest BCUT2D eigenvalue weighted by Crippen LogP contribution is 2.62. The number of rotatable bonds is 1. The van der Waals surface area contributed by atoms with E-state index in [-0.39, 0.29) is 0 Å². The van der Waals surface area contributed by atoms with E-state index < -0.39 is 0 Å². The highest BCUT2D eigenvalue weighted by Gasteiger charge is 2.37. The maximum atomic E-state index is 6.71. The first kappa shape index (κ1) is 24.0. The second-order valence-electron chi connectivity index (χ2n) is 10.6. The van der Waals surface area contributed by atoms with Crippen molar-refractivity contribution in [2.75, 3.05) is 4.90 Å². The highest BCUT2D eigenvalue weighted by molar-refractivity contribution is 6.20. The lowest BCUT2D eigenvalue weighted by Gasteiger charge is -2.37. The SMILES string of the molecule is CC.c1ccc(-n2c3ccccc3c3cc4c(cc32)oc2cc3c5c(c24)Oc2ccccc2N5c2ccccc2O3)cc1. The summed E-state index contributed by atoms with van der Waals surface area (Å²) in [6, 6.07) is 41.7. The fraction of sp³-hybridized carbons (Fsp3) is 0.0526. The molecule has 0 radical (unpaired) electrons. The van der Waals surface area contributed by atoms with Crippen molar-refractivity contribution < 1.29 is 13.9 Å². The summed E-state index contributed by atoms with van der Waals surface area (Å²) in [7, 11) is 0. The number of nitrogens with zero attached hydrogens (tertiary/aromatic N) is 2. The zero-order valence-electron chi connectivity index (χ0n) is 23.7. The monoisotopic (exact) mass is 558 g/mol. The fourth-order valence-corrected chi connectivity index (χ4v) is 6.63. The topological polar surface area (TPSA) is 39.8 Å². The Morgan fingerprint density at radius 3 is 1.98 bits per heavy atom. The van der Waals surface area contributed by atoms with Crippen molar-refractivity contribution in [2.45, 2.75) is 13.8 Å². The lowest BCUT2D eigenvalue weighted by Crippen LogP contribution is -2.20. The average Bonchev–Trinajstić information content (AvgIpc) is 3.59. The molecule has 5 nitrogen and oxygen atoms in total. The van der Waals surface area contributed by atoms with Crippen LogP contribution in [-0.4, -0.2) is 4.57 Å². The molecule has 2 aliphatic heterocycles. The summed E-state index contributed by atoms with van der Waals surface area (Å²) in [5, 5.41) is 4.32. The first-order chi connectivity index (χ1) is 21.3. The first-order valence-electron chi connectivity index (χ1n) is 14.7. The molecule has 2 aromatic heterocycles. The predicted molar refractivity (Wildman–Crippen MR) is 174 cm³/mol. The van der Waals surface area contributed by atoms with Gasteiger partial charge in [0.2, 0.25) is 0 Å². The van der Waals surface area contributed by atoms with E-state index in [0.717, 1.165) is 73.0 Å². The van der Waals surface area contributed by atoms with Gasteiger partial charge in [-0.05, 0) is 48.5 Å². The molecular formula is C38H26N2O3. The van der Waals surface area contributed by atoms with Crippen LogP contribution in [-0.2, 0) is 0 Å². The molecule has 0 atom stereocenters. The minimum absolute atomic E-state index is 0.712. The number of aromatic nitrogens is 1. The molecule has 10 rings (SSSR count). The summed E-state index contributed by atoms with van der Waals surface area (Å²) in [6.07, 6.45) is 0. The zero-order chi connectivity index (χ0) is 28.7. The van der Waals surface area contributed by atoms with Gasteiger partial charge in [-0.1, -0.05) is 74.5 Å². The van der Waals surface area contributed by atoms with E-state index >= 15 is 0 Å². The molecule has 0 fully saturated rings. The summed E-state index contributed by atoms with van der Waals surface area (Å²) in [4.78, 5) is 2.25. The first-order valence-corrected chi connectivity index (χ1v) is 14.7. The number of fused-ring (bicyclic) bond motifs is 11. The van der Waals surface area contributed by atoms with Crippen LogP contribution in [0.1, 0.15) is 13.8 Å². The standard InChI is InChI=1S/C36H20N2O3.C2H6/c1-2-10-21(11-3-1)37-25-13-5-4-12-22(25)23-18-24-31(19-28(23)37)40-32-20-33-35-36(34(24)32)41-30-17-9-7-15-27(30)38(35)26-14-6-8-16-29(26)39-33;1-2/h1-20H;1-2H3. The molecule has 0 amide bonds. The van der Waals surface area contributed by atoms with Crippen molar-refractivity contribution in [3.8, 4) is 28.7 Å². The molecule has 2 aliphatic rings. The van der Waals surface area contributed by atoms with Gasteiger partial charge in [-0.25, -0.2) is 0 Å². The van der Waals surface area contributed by atoms with E-state index in [1.807, 2.05) is 62.4 Å². The van der Waals surface area contributed by atoms with Gasteiger partial charge in [-0.15, -0.1) is 0 Å². The van der Waals surface area contributed by atoms with Crippen molar-refractivity contribution >= 4 is 60.8 Å². The Labute approximate surface area is 247 Å². The zero-order valence-corrected chi connectivity index (χ0v) is 23.7. The van der Waals surface area contributed by atoms with Crippen LogP contribution in [0.2, 0.25) is 0 Å². The minimum atomic E-state index is 0.712. The third-order valence-electron chi connectivity index (χ3n) is 8.33. The van der Waals surface area contributed by atoms with Gasteiger partial charge in [-0.2, -0.15) is 0 Å². The molecule has 43 heavy (non-hydrogen) atoms. The largest absolute Gasteiger partial charge is 0.456 e. The second-order valence-corrected chi connectivity index (χ2v) is 10.6. The summed E-state index contributed by atoms with van der Waals surface area (Å²) in [5.41, 5.74) is 7.76. The summed E-state index contributed by atoms with van der Waals surface area (Å²) in [5.74, 6) is 3.05. The van der Waals surface area contributed by atoms with Gasteiger partial charge < -0.3 is 18.5 Å². The molecule has 8 aromatic rings. The number of ether oxygens (including phenoxy) is 2. The third-order valence-corrected chi connectivity index (χ3v) is 8.33. The van der Waals surface area contributed by atoms with Crippen LogP contribution in [0.4, 0.5) is 17.1 Å². The molecule has 0 N–H and O–H groups in total. The molecule has 4 heterocycles. The van der Waals surface area contributed by atoms with Crippen molar-refractivity contribution in [1.82, 2.24) is 4.57 Å². The van der Waals surface area contributed by atoms with Gasteiger partial charge in [0, 0.05) is 34.0 Å². The van der Waals surface area contributed by atoms with Gasteiger partial charge in [0.15, 0.2) is 23.0 Å². The maximum Gasteiger partial charge on any atom is 0.167 e. The molecular weight excluding hydrogens is 532 g/mol. The van der Waals surface area contributed by atoms with Gasteiger partial charge in [0.25, 0.3) is 0 Å². The predicted octanol–water partition coefficient (Wildman–Crippen LogP) is 11.4. The van der Waals surface area contributed by atoms with Gasteiger partial charge >= 0.3 is 0 Å². The Hall–Kier alpha value is -5.68. The number of hydrogen-bond acceptors (Lipinski definition) is 4. The van der Waals surface area contributed by atoms with E-state index in [1.165, 1.54) is 10.8 Å². The van der Waals surface area contributed by atoms with Gasteiger partial charge in [0.05, 0.1) is 27.8 Å². The van der Waals surface area contributed by atoms with Crippen LogP contribution in [0.25, 0.3) is 49.4 Å². The van der Waals surface area contributed by atoms with E-state index in [0.29, 0.717) is 5.75 Å². The van der Waals surface area contributed by atoms with Crippen molar-refractivity contribution in [2.24, 2.45) is 0 Å². The molecule has 6 aromatic carbocycles. The number of benzene rings is 6. The lowest BCUT2D eigenvalue weighted by atomic mass is 10.0. The van der Waals surface area contributed by atoms with Gasteiger partial charge in [-0.3, -0.25) is 4.90 Å². The van der Waals surface area contributed by atoms with Crippen LogP contribution in [0.3, 0.4) is 0 Å². The smallest absolute Gasteiger partial charge is 0.167 e. The Bertz CT molecular complexity index is 2370. The molecule has 206 valence electrons. The summed E-state index contributed by atoms with van der Waals surface area (Å²) in [6.45, 7) is 4.00. The molecule has 0 bridgehead atoms. The number of para-hydroxylation sites is 6. The van der Waals surface area contributed by atoms with E-state index in [9.17, 15) is 0 Å². The van der Waals surface area contributed by atoms with Crippen molar-refractivity contribution in [1.29, 1.82) is 0 Å². The molecule has 0 spiro atoms. The van der Waals surface area contributed by atoms with Gasteiger partial charge in [0.1, 0.15) is 16.9 Å². The Balaban J connectivity index is 0.00000128. The second kappa shape index (κ2) is 8.91. The average molecular weight is 559 g/mol. The Morgan fingerprint density at radius 1 is 0.512 bits per heavy atom. The third kappa shape index (κ3) is 3.22. The fourth-order valence-electron chi connectivity index (χ4n) is 6.63. The molecule has 0 saturated heterocycles. The quantitative estimate of drug-likeness (QED) is 0.201. The van der Waals surface area contributed by atoms with Crippen LogP contribution in [0.5, 0.6) is 23.0 Å². The number of anilines is 3. The highest BCUT2D eigenvalue weighted by atomic mass is 16.5. The van der Waals surface area contributed by atoms with Crippen LogP contribution < -0.4 is 14.4 Å². The summed E-state index contributed by atoms with van der Waals surface area (Å²) >= 11 is 0. The molecule has 0 unspecified atom stereocenters. The van der Waals surface area contributed by atoms with Crippen LogP contribution in [0.15, 0.2) is 126 Å². The lowest BCUT2D eigenvalue weighted by molar-refractivity contribution is 0.449. The molecule has 5 heteroatoms.